The van der Waals surface area contributed by atoms with Gasteiger partial charge in [-0.15, -0.1) is 0 Å². The number of ether oxygens (including phenoxy) is 1. The lowest BCUT2D eigenvalue weighted by molar-refractivity contribution is -0.183. The van der Waals surface area contributed by atoms with Gasteiger partial charge in [0.1, 0.15) is 5.78 Å². The van der Waals surface area contributed by atoms with Gasteiger partial charge in [-0.2, -0.15) is 0 Å². The summed E-state index contributed by atoms with van der Waals surface area (Å²) in [6.07, 6.45) is 12.3. The fourth-order valence-electron chi connectivity index (χ4n) is 8.91. The third-order valence-corrected chi connectivity index (χ3v) is 9.86. The Bertz CT molecular complexity index is 627. The van der Waals surface area contributed by atoms with Gasteiger partial charge in [0.15, 0.2) is 0 Å². The van der Waals surface area contributed by atoms with Crippen LogP contribution in [0.2, 0.25) is 0 Å². The van der Waals surface area contributed by atoms with E-state index in [1.165, 1.54) is 19.3 Å². The predicted octanol–water partition coefficient (Wildman–Crippen LogP) is 5.80. The Kier molecular flexibility index (Phi) is 5.42. The molecular weight excluding hydrogens is 348 g/mol. The monoisotopic (exact) mass is 388 g/mol. The number of fused-ring (bicyclic) bond motifs is 5. The standard InChI is InChI=1S/C25H40O3/c1-5-8-16(2)22-21(26)15-20-18-11-10-17-9-6-7-13-25(17,23(27)28-4)19(18)12-14-24(20,22)3/h16-20,22H,5-15H2,1-4H3/t16-,17?,18-,19+,20+,22+,24+,25-/m1/s1. The van der Waals surface area contributed by atoms with Gasteiger partial charge in [-0.3, -0.25) is 9.59 Å². The summed E-state index contributed by atoms with van der Waals surface area (Å²) in [6.45, 7) is 6.96. The van der Waals surface area contributed by atoms with Crippen LogP contribution in [-0.4, -0.2) is 18.9 Å². The first-order valence-corrected chi connectivity index (χ1v) is 12.0. The first-order valence-electron chi connectivity index (χ1n) is 12.0. The van der Waals surface area contributed by atoms with Crippen molar-refractivity contribution in [3.63, 3.8) is 0 Å². The number of rotatable bonds is 4. The van der Waals surface area contributed by atoms with Crippen molar-refractivity contribution < 1.29 is 14.3 Å². The minimum absolute atomic E-state index is 0.0655. The Morgan fingerprint density at radius 2 is 1.93 bits per heavy atom. The summed E-state index contributed by atoms with van der Waals surface area (Å²) in [5.41, 5.74) is -0.112. The number of methoxy groups -OCH3 is 1. The van der Waals surface area contributed by atoms with E-state index in [4.69, 9.17) is 4.74 Å². The van der Waals surface area contributed by atoms with Crippen LogP contribution < -0.4 is 0 Å². The fraction of sp³-hybridized carbons (Fsp3) is 0.920. The molecule has 4 fully saturated rings. The largest absolute Gasteiger partial charge is 0.469 e. The Morgan fingerprint density at radius 1 is 1.14 bits per heavy atom. The number of esters is 1. The van der Waals surface area contributed by atoms with Crippen LogP contribution in [0.5, 0.6) is 0 Å². The van der Waals surface area contributed by atoms with Gasteiger partial charge < -0.3 is 4.74 Å². The van der Waals surface area contributed by atoms with Crippen molar-refractivity contribution in [2.45, 2.75) is 91.4 Å². The molecule has 0 aromatic carbocycles. The lowest BCUT2D eigenvalue weighted by Crippen LogP contribution is -2.57. The second kappa shape index (κ2) is 7.43. The third-order valence-electron chi connectivity index (χ3n) is 9.86. The highest BCUT2D eigenvalue weighted by Gasteiger charge is 2.65. The summed E-state index contributed by atoms with van der Waals surface area (Å²) in [5.74, 6) is 3.27. The van der Waals surface area contributed by atoms with Crippen molar-refractivity contribution in [3.8, 4) is 0 Å². The molecule has 0 aliphatic heterocycles. The topological polar surface area (TPSA) is 43.4 Å². The van der Waals surface area contributed by atoms with Crippen LogP contribution in [0.4, 0.5) is 0 Å². The zero-order chi connectivity index (χ0) is 20.1. The Morgan fingerprint density at radius 3 is 2.64 bits per heavy atom. The zero-order valence-electron chi connectivity index (χ0n) is 18.5. The van der Waals surface area contributed by atoms with Crippen LogP contribution in [0.1, 0.15) is 91.4 Å². The van der Waals surface area contributed by atoms with Crippen molar-refractivity contribution in [1.82, 2.24) is 0 Å². The molecule has 0 aromatic heterocycles. The van der Waals surface area contributed by atoms with E-state index in [-0.39, 0.29) is 22.7 Å². The highest BCUT2D eigenvalue weighted by atomic mass is 16.5. The molecule has 4 aliphatic rings. The third kappa shape index (κ3) is 2.74. The number of carbonyl (C=O) groups excluding carboxylic acids is 2. The maximum atomic E-state index is 13.2. The molecule has 4 aliphatic carbocycles. The van der Waals surface area contributed by atoms with Gasteiger partial charge in [0.05, 0.1) is 12.5 Å². The lowest BCUT2D eigenvalue weighted by atomic mass is 9.44. The van der Waals surface area contributed by atoms with Gasteiger partial charge in [0.2, 0.25) is 0 Å². The summed E-state index contributed by atoms with van der Waals surface area (Å²) in [4.78, 5) is 26.4. The van der Waals surface area contributed by atoms with Crippen LogP contribution in [0, 0.1) is 46.3 Å². The molecule has 0 amide bonds. The van der Waals surface area contributed by atoms with Crippen LogP contribution in [0.25, 0.3) is 0 Å². The molecule has 0 saturated heterocycles. The molecule has 1 unspecified atom stereocenters. The number of Topliss-reactive ketones (excluding diaryl/α,β-unsaturated/α-hetero) is 1. The van der Waals surface area contributed by atoms with Crippen LogP contribution in [0.3, 0.4) is 0 Å². The number of hydrogen-bond acceptors (Lipinski definition) is 3. The van der Waals surface area contributed by atoms with Gasteiger partial charge in [0, 0.05) is 12.3 Å². The van der Waals surface area contributed by atoms with E-state index in [1.807, 2.05) is 0 Å². The summed E-state index contributed by atoms with van der Waals surface area (Å²) >= 11 is 0. The van der Waals surface area contributed by atoms with E-state index in [0.29, 0.717) is 35.4 Å². The fourth-order valence-corrected chi connectivity index (χ4v) is 8.91. The SMILES string of the molecule is CCC[C@@H](C)[C@H]1C(=O)C[C@H]2[C@@H]3CCC4CCCC[C@]4(C(=O)OC)[C@H]3CC[C@]12C. The lowest BCUT2D eigenvalue weighted by Gasteiger charge is -2.60. The van der Waals surface area contributed by atoms with Gasteiger partial charge in [-0.1, -0.05) is 46.5 Å². The molecule has 3 nitrogen and oxygen atoms in total. The van der Waals surface area contributed by atoms with Gasteiger partial charge in [0.25, 0.3) is 0 Å². The molecule has 28 heavy (non-hydrogen) atoms. The first-order chi connectivity index (χ1) is 13.4. The quantitative estimate of drug-likeness (QED) is 0.571. The normalized spacial score (nSPS) is 46.3. The molecule has 0 N–H and O–H groups in total. The number of hydrogen-bond donors (Lipinski definition) is 0. The molecule has 8 atom stereocenters. The van der Waals surface area contributed by atoms with E-state index in [1.54, 1.807) is 7.11 Å². The van der Waals surface area contributed by atoms with Gasteiger partial charge >= 0.3 is 5.97 Å². The molecule has 0 spiro atoms. The average molecular weight is 389 g/mol. The van der Waals surface area contributed by atoms with Crippen molar-refractivity contribution >= 4 is 11.8 Å². The number of ketones is 1. The van der Waals surface area contributed by atoms with E-state index in [0.717, 1.165) is 51.4 Å². The van der Waals surface area contributed by atoms with Gasteiger partial charge in [-0.05, 0) is 73.5 Å². The molecule has 0 bridgehead atoms. The maximum absolute atomic E-state index is 13.2. The zero-order valence-corrected chi connectivity index (χ0v) is 18.5. The minimum Gasteiger partial charge on any atom is -0.469 e. The molecule has 3 heteroatoms. The molecule has 4 rings (SSSR count). The summed E-state index contributed by atoms with van der Waals surface area (Å²) in [7, 11) is 1.58. The molecule has 0 aromatic rings. The van der Waals surface area contributed by atoms with Crippen molar-refractivity contribution in [1.29, 1.82) is 0 Å². The summed E-state index contributed by atoms with van der Waals surface area (Å²) in [6, 6.07) is 0. The van der Waals surface area contributed by atoms with E-state index in [2.05, 4.69) is 20.8 Å². The molecular formula is C25H40O3. The Labute approximate surface area is 171 Å². The predicted molar refractivity (Wildman–Crippen MR) is 111 cm³/mol. The van der Waals surface area contributed by atoms with E-state index >= 15 is 0 Å². The first kappa shape index (κ1) is 20.4. The Hall–Kier alpha value is -0.860. The highest BCUT2D eigenvalue weighted by molar-refractivity contribution is 5.85. The van der Waals surface area contributed by atoms with Crippen molar-refractivity contribution in [2.24, 2.45) is 46.3 Å². The molecule has 0 radical (unpaired) electrons. The Balaban J connectivity index is 1.67. The molecule has 0 heterocycles. The second-order valence-electron chi connectivity index (χ2n) is 10.9. The molecule has 158 valence electrons. The minimum atomic E-state index is -0.257. The maximum Gasteiger partial charge on any atom is 0.312 e. The van der Waals surface area contributed by atoms with Gasteiger partial charge in [-0.25, -0.2) is 0 Å². The van der Waals surface area contributed by atoms with E-state index in [9.17, 15) is 9.59 Å². The summed E-state index contributed by atoms with van der Waals surface area (Å²) in [5, 5.41) is 0. The van der Waals surface area contributed by atoms with Crippen LogP contribution >= 0.6 is 0 Å². The highest BCUT2D eigenvalue weighted by Crippen LogP contribution is 2.68. The van der Waals surface area contributed by atoms with E-state index < -0.39 is 0 Å². The van der Waals surface area contributed by atoms with Crippen molar-refractivity contribution in [3.05, 3.63) is 0 Å². The number of carbonyl (C=O) groups is 2. The van der Waals surface area contributed by atoms with Crippen molar-refractivity contribution in [2.75, 3.05) is 7.11 Å². The average Bonchev–Trinajstić information content (AvgIpc) is 2.97. The summed E-state index contributed by atoms with van der Waals surface area (Å²) < 4.78 is 5.44. The van der Waals surface area contributed by atoms with Crippen LogP contribution in [-0.2, 0) is 14.3 Å². The van der Waals surface area contributed by atoms with Crippen LogP contribution in [0.15, 0.2) is 0 Å². The smallest absolute Gasteiger partial charge is 0.312 e. The molecule has 4 saturated carbocycles. The second-order valence-corrected chi connectivity index (χ2v) is 10.9.